The number of hydrogen-bond donors (Lipinski definition) is 5. The van der Waals surface area contributed by atoms with Crippen LogP contribution >= 0.6 is 0 Å². The monoisotopic (exact) mass is 385 g/mol. The molecule has 0 bridgehead atoms. The molecule has 1 aliphatic rings. The number of carboxylic acid groups (broad SMARTS) is 2. The predicted molar refractivity (Wildman–Crippen MR) is 88.4 cm³/mol. The molecule has 1 aromatic rings. The maximum absolute atomic E-state index is 12.3. The van der Waals surface area contributed by atoms with Crippen LogP contribution in [0.1, 0.15) is 55.9 Å². The molecule has 0 spiro atoms. The van der Waals surface area contributed by atoms with Crippen molar-refractivity contribution in [1.82, 2.24) is 20.4 Å². The van der Waals surface area contributed by atoms with Gasteiger partial charge in [-0.15, -0.1) is 0 Å². The SMILES string of the molecule is N[C@@H](CCCC(=O)O)c1noc([C@H](CO)NC(=O)N2CCCC2C(=O)O)n1. The topological polar surface area (TPSA) is 192 Å². The van der Waals surface area contributed by atoms with Gasteiger partial charge in [-0.2, -0.15) is 4.98 Å². The van der Waals surface area contributed by atoms with Crippen LogP contribution in [-0.4, -0.2) is 67.5 Å². The van der Waals surface area contributed by atoms with Crippen molar-refractivity contribution in [3.05, 3.63) is 11.7 Å². The number of rotatable bonds is 9. The van der Waals surface area contributed by atoms with E-state index < -0.39 is 42.7 Å². The molecule has 1 saturated heterocycles. The highest BCUT2D eigenvalue weighted by atomic mass is 16.5. The number of carbonyl (C=O) groups excluding carboxylic acids is 1. The molecule has 0 aromatic carbocycles. The van der Waals surface area contributed by atoms with Crippen LogP contribution in [0.25, 0.3) is 0 Å². The van der Waals surface area contributed by atoms with Gasteiger partial charge in [0.1, 0.15) is 12.1 Å². The van der Waals surface area contributed by atoms with Crippen molar-refractivity contribution in [2.24, 2.45) is 5.73 Å². The summed E-state index contributed by atoms with van der Waals surface area (Å²) in [6.07, 6.45) is 1.57. The van der Waals surface area contributed by atoms with Crippen LogP contribution in [0.4, 0.5) is 4.79 Å². The van der Waals surface area contributed by atoms with Gasteiger partial charge in [-0.3, -0.25) is 4.79 Å². The Morgan fingerprint density at radius 2 is 2.11 bits per heavy atom. The fourth-order valence-corrected chi connectivity index (χ4v) is 2.83. The standard InChI is InChI=1S/C15H23N5O7/c16-8(3-1-5-11(22)23)12-18-13(27-19-12)9(7-21)17-15(26)20-6-2-4-10(20)14(24)25/h8-10,21H,1-7,16H2,(H,17,26)(H,22,23)(H,24,25)/t8-,9-,10?/m0/s1. The summed E-state index contributed by atoms with van der Waals surface area (Å²) in [6, 6.07) is -3.22. The highest BCUT2D eigenvalue weighted by Crippen LogP contribution is 2.20. The largest absolute Gasteiger partial charge is 0.481 e. The molecule has 12 heteroatoms. The van der Waals surface area contributed by atoms with Gasteiger partial charge in [0.2, 0.25) is 0 Å². The van der Waals surface area contributed by atoms with E-state index >= 15 is 0 Å². The van der Waals surface area contributed by atoms with Crippen molar-refractivity contribution in [3.8, 4) is 0 Å². The molecule has 2 rings (SSSR count). The number of aliphatic hydroxyl groups excluding tert-OH is 1. The molecule has 2 amide bonds. The van der Waals surface area contributed by atoms with Gasteiger partial charge >= 0.3 is 18.0 Å². The van der Waals surface area contributed by atoms with Gasteiger partial charge in [-0.25, -0.2) is 9.59 Å². The van der Waals surface area contributed by atoms with E-state index in [0.717, 1.165) is 0 Å². The number of nitrogens with one attached hydrogen (secondary N) is 1. The van der Waals surface area contributed by atoms with Crippen LogP contribution in [0.15, 0.2) is 4.52 Å². The van der Waals surface area contributed by atoms with Gasteiger partial charge in [0.25, 0.3) is 5.89 Å². The number of nitrogens with two attached hydrogens (primary N) is 1. The summed E-state index contributed by atoms with van der Waals surface area (Å²) in [6.45, 7) is -0.238. The van der Waals surface area contributed by atoms with Crippen LogP contribution in [0, 0.1) is 0 Å². The lowest BCUT2D eigenvalue weighted by Gasteiger charge is -2.23. The minimum atomic E-state index is -1.09. The minimum absolute atomic E-state index is 0.0334. The van der Waals surface area contributed by atoms with Crippen LogP contribution in [0.3, 0.4) is 0 Å². The lowest BCUT2D eigenvalue weighted by atomic mass is 10.1. The van der Waals surface area contributed by atoms with Crippen LogP contribution in [-0.2, 0) is 9.59 Å². The Morgan fingerprint density at radius 3 is 2.74 bits per heavy atom. The summed E-state index contributed by atoms with van der Waals surface area (Å²) in [7, 11) is 0. The molecule has 1 aliphatic heterocycles. The molecule has 6 N–H and O–H groups in total. The normalized spacial score (nSPS) is 18.9. The second-order valence-corrected chi connectivity index (χ2v) is 6.26. The number of hydrogen-bond acceptors (Lipinski definition) is 8. The first kappa shape index (κ1) is 20.6. The van der Waals surface area contributed by atoms with Gasteiger partial charge in [0, 0.05) is 13.0 Å². The first-order valence-corrected chi connectivity index (χ1v) is 8.55. The van der Waals surface area contributed by atoms with Crippen LogP contribution in [0.2, 0.25) is 0 Å². The van der Waals surface area contributed by atoms with Crippen LogP contribution in [0.5, 0.6) is 0 Å². The number of nitrogens with zero attached hydrogens (tertiary/aromatic N) is 3. The van der Waals surface area contributed by atoms with Crippen molar-refractivity contribution in [1.29, 1.82) is 0 Å². The second kappa shape index (κ2) is 9.28. The number of carboxylic acids is 2. The average molecular weight is 385 g/mol. The molecule has 1 aromatic heterocycles. The summed E-state index contributed by atoms with van der Waals surface area (Å²) in [4.78, 5) is 39.3. The van der Waals surface area contributed by atoms with E-state index in [0.29, 0.717) is 32.2 Å². The predicted octanol–water partition coefficient (Wildman–Crippen LogP) is -0.384. The second-order valence-electron chi connectivity index (χ2n) is 6.26. The van der Waals surface area contributed by atoms with Crippen molar-refractivity contribution in [3.63, 3.8) is 0 Å². The Balaban J connectivity index is 1.97. The van der Waals surface area contributed by atoms with E-state index in [2.05, 4.69) is 15.5 Å². The number of aliphatic hydroxyl groups is 1. The molecule has 0 aliphatic carbocycles. The maximum Gasteiger partial charge on any atom is 0.326 e. The van der Waals surface area contributed by atoms with Gasteiger partial charge in [-0.05, 0) is 25.7 Å². The summed E-state index contributed by atoms with van der Waals surface area (Å²) in [5.74, 6) is -1.95. The number of amides is 2. The molecule has 12 nitrogen and oxygen atoms in total. The lowest BCUT2D eigenvalue weighted by Crippen LogP contribution is -2.47. The van der Waals surface area contributed by atoms with Gasteiger partial charge in [0.15, 0.2) is 5.82 Å². The molecule has 150 valence electrons. The highest BCUT2D eigenvalue weighted by molar-refractivity contribution is 5.83. The average Bonchev–Trinajstić information content (AvgIpc) is 3.28. The smallest absolute Gasteiger partial charge is 0.326 e. The number of aromatic nitrogens is 2. The molecule has 0 radical (unpaired) electrons. The van der Waals surface area contributed by atoms with Gasteiger partial charge in [0.05, 0.1) is 12.6 Å². The first-order chi connectivity index (χ1) is 12.8. The Kier molecular flexibility index (Phi) is 7.07. The van der Waals surface area contributed by atoms with E-state index in [-0.39, 0.29) is 18.1 Å². The fourth-order valence-electron chi connectivity index (χ4n) is 2.83. The molecule has 1 unspecified atom stereocenters. The zero-order valence-electron chi connectivity index (χ0n) is 14.6. The molecule has 0 saturated carbocycles. The van der Waals surface area contributed by atoms with Crippen molar-refractivity contribution >= 4 is 18.0 Å². The summed E-state index contributed by atoms with van der Waals surface area (Å²) in [5.41, 5.74) is 5.89. The summed E-state index contributed by atoms with van der Waals surface area (Å²) >= 11 is 0. The maximum atomic E-state index is 12.3. The van der Waals surface area contributed by atoms with Gasteiger partial charge in [-0.1, -0.05) is 5.16 Å². The third kappa shape index (κ3) is 5.37. The Hall–Kier alpha value is -2.73. The number of urea groups is 1. The molecule has 1 fully saturated rings. The van der Waals surface area contributed by atoms with Crippen molar-refractivity contribution in [2.75, 3.05) is 13.2 Å². The fraction of sp³-hybridized carbons (Fsp3) is 0.667. The molecule has 3 atom stereocenters. The molecular weight excluding hydrogens is 362 g/mol. The zero-order valence-corrected chi connectivity index (χ0v) is 14.6. The van der Waals surface area contributed by atoms with E-state index in [1.54, 1.807) is 0 Å². The van der Waals surface area contributed by atoms with Gasteiger partial charge < -0.3 is 35.8 Å². The molecular formula is C15H23N5O7. The number of carbonyl (C=O) groups is 3. The van der Waals surface area contributed by atoms with E-state index in [4.69, 9.17) is 20.5 Å². The van der Waals surface area contributed by atoms with E-state index in [9.17, 15) is 19.5 Å². The highest BCUT2D eigenvalue weighted by Gasteiger charge is 2.35. The Labute approximate surface area is 154 Å². The van der Waals surface area contributed by atoms with Crippen molar-refractivity contribution in [2.45, 2.75) is 50.2 Å². The molecule has 27 heavy (non-hydrogen) atoms. The quantitative estimate of drug-likeness (QED) is 0.374. The summed E-state index contributed by atoms with van der Waals surface area (Å²) in [5, 5.41) is 33.5. The Morgan fingerprint density at radius 1 is 1.37 bits per heavy atom. The van der Waals surface area contributed by atoms with E-state index in [1.807, 2.05) is 0 Å². The lowest BCUT2D eigenvalue weighted by molar-refractivity contribution is -0.141. The minimum Gasteiger partial charge on any atom is -0.481 e. The Bertz CT molecular complexity index is 679. The zero-order chi connectivity index (χ0) is 20.0. The van der Waals surface area contributed by atoms with Crippen LogP contribution < -0.4 is 11.1 Å². The first-order valence-electron chi connectivity index (χ1n) is 8.55. The number of likely N-dealkylation sites (tertiary alicyclic amines) is 1. The molecule has 2 heterocycles. The third-order valence-corrected chi connectivity index (χ3v) is 4.27. The third-order valence-electron chi connectivity index (χ3n) is 4.27. The summed E-state index contributed by atoms with van der Waals surface area (Å²) < 4.78 is 5.04. The van der Waals surface area contributed by atoms with E-state index in [1.165, 1.54) is 4.90 Å². The van der Waals surface area contributed by atoms with Crippen molar-refractivity contribution < 1.29 is 34.2 Å². The number of aliphatic carboxylic acids is 2.